The lowest BCUT2D eigenvalue weighted by Crippen LogP contribution is -2.44. The monoisotopic (exact) mass is 628 g/mol. The molecule has 1 aromatic heterocycles. The van der Waals surface area contributed by atoms with Gasteiger partial charge in [0.25, 0.3) is 0 Å². The van der Waals surface area contributed by atoms with Crippen LogP contribution in [-0.4, -0.2) is 35.1 Å². The van der Waals surface area contributed by atoms with Gasteiger partial charge >= 0.3 is 17.7 Å². The highest BCUT2D eigenvalue weighted by atomic mass is 35.5. The molecular weight excluding hydrogens is 586 g/mol. The SMILES string of the molecule is C=C/C=C(\C=C/C)Cc1nc(-c2ccccc2)c[n+]2c1NC(Cc1ccc(OCCCCCC(=O)OC(C)(C)C)c(Cl)c1)C2=O. The van der Waals surface area contributed by atoms with E-state index in [0.717, 1.165) is 47.4 Å². The molecule has 0 amide bonds. The maximum Gasteiger partial charge on any atom is 0.359 e. The summed E-state index contributed by atoms with van der Waals surface area (Å²) in [5.74, 6) is 1.07. The second-order valence-corrected chi connectivity index (χ2v) is 12.5. The summed E-state index contributed by atoms with van der Waals surface area (Å²) >= 11 is 6.59. The lowest BCUT2D eigenvalue weighted by Gasteiger charge is -2.19. The molecule has 7 nitrogen and oxygen atoms in total. The minimum absolute atomic E-state index is 0.0473. The van der Waals surface area contributed by atoms with Crippen LogP contribution >= 0.6 is 11.6 Å². The third-order valence-electron chi connectivity index (χ3n) is 7.16. The Hall–Kier alpha value is -4.23. The van der Waals surface area contributed by atoms with Gasteiger partial charge in [-0.15, -0.1) is 0 Å². The van der Waals surface area contributed by atoms with E-state index in [1.54, 1.807) is 10.6 Å². The van der Waals surface area contributed by atoms with Gasteiger partial charge < -0.3 is 9.47 Å². The zero-order valence-corrected chi connectivity index (χ0v) is 27.4. The smallest absolute Gasteiger partial charge is 0.359 e. The molecule has 8 heteroatoms. The topological polar surface area (TPSA) is 81.4 Å². The Labute approximate surface area is 271 Å². The van der Waals surface area contributed by atoms with E-state index >= 15 is 0 Å². The van der Waals surface area contributed by atoms with Crippen LogP contribution in [0.25, 0.3) is 11.3 Å². The number of carbonyl (C=O) groups is 2. The van der Waals surface area contributed by atoms with E-state index in [0.29, 0.717) is 42.5 Å². The first-order valence-corrected chi connectivity index (χ1v) is 15.8. The van der Waals surface area contributed by atoms with Crippen molar-refractivity contribution in [1.82, 2.24) is 4.98 Å². The molecule has 0 saturated carbocycles. The van der Waals surface area contributed by atoms with Crippen molar-refractivity contribution in [3.05, 3.63) is 107 Å². The molecule has 2 heterocycles. The quantitative estimate of drug-likeness (QED) is 0.0846. The number of fused-ring (bicyclic) bond motifs is 1. The van der Waals surface area contributed by atoms with Crippen LogP contribution in [-0.2, 0) is 22.4 Å². The van der Waals surface area contributed by atoms with E-state index in [-0.39, 0.29) is 11.9 Å². The maximum atomic E-state index is 13.7. The van der Waals surface area contributed by atoms with Gasteiger partial charge in [-0.2, -0.15) is 4.57 Å². The van der Waals surface area contributed by atoms with Crippen molar-refractivity contribution in [2.45, 2.75) is 77.9 Å². The number of esters is 1. The Kier molecular flexibility index (Phi) is 11.7. The van der Waals surface area contributed by atoms with Crippen molar-refractivity contribution >= 4 is 29.3 Å². The average molecular weight is 629 g/mol. The fraction of sp³-hybridized carbons (Fsp3) is 0.351. The number of allylic oxidation sites excluding steroid dienone is 5. The number of nitrogens with zero attached hydrogens (tertiary/aromatic N) is 2. The number of halogens is 1. The average Bonchev–Trinajstić information content (AvgIpc) is 3.30. The summed E-state index contributed by atoms with van der Waals surface area (Å²) in [4.78, 5) is 30.6. The summed E-state index contributed by atoms with van der Waals surface area (Å²) in [6, 6.07) is 15.0. The zero-order valence-electron chi connectivity index (χ0n) is 26.6. The molecular formula is C37H43ClN3O4+. The minimum Gasteiger partial charge on any atom is -0.492 e. The number of hydrogen-bond acceptors (Lipinski definition) is 6. The van der Waals surface area contributed by atoms with Gasteiger partial charge in [0.05, 0.1) is 11.6 Å². The van der Waals surface area contributed by atoms with Crippen LogP contribution in [0.4, 0.5) is 5.82 Å². The van der Waals surface area contributed by atoms with Gasteiger partial charge in [-0.25, -0.2) is 9.78 Å². The molecule has 236 valence electrons. The lowest BCUT2D eigenvalue weighted by molar-refractivity contribution is -0.552. The molecule has 2 aromatic carbocycles. The standard InChI is InChI=1S/C37H42ClN3O4/c1-6-14-26(15-7-2)23-30-35-40-31(36(43)41(35)25-32(39-30)28-16-10-8-11-17-28)24-27-19-20-33(29(38)22-27)44-21-13-9-12-18-34(42)45-37(3,4)5/h6-8,10-11,14-17,19-20,22,25,31H,1,9,12-13,18,21,23-24H2,2-5H3/p+1/b15-7-,26-14+. The summed E-state index contributed by atoms with van der Waals surface area (Å²) in [5.41, 5.74) is 3.96. The van der Waals surface area contributed by atoms with Crippen LogP contribution in [0.2, 0.25) is 5.02 Å². The van der Waals surface area contributed by atoms with E-state index in [2.05, 4.69) is 11.9 Å². The Bertz CT molecular complexity index is 1570. The molecule has 1 aliphatic heterocycles. The van der Waals surface area contributed by atoms with Crippen molar-refractivity contribution in [2.24, 2.45) is 0 Å². The maximum absolute atomic E-state index is 13.7. The summed E-state index contributed by atoms with van der Waals surface area (Å²) in [6.07, 6.45) is 13.3. The predicted octanol–water partition coefficient (Wildman–Crippen LogP) is 7.88. The number of carbonyl (C=O) groups excluding carboxylic acids is 2. The van der Waals surface area contributed by atoms with E-state index in [4.69, 9.17) is 26.1 Å². The van der Waals surface area contributed by atoms with Crippen molar-refractivity contribution in [2.75, 3.05) is 11.9 Å². The van der Waals surface area contributed by atoms with Gasteiger partial charge in [-0.05, 0) is 70.2 Å². The third kappa shape index (κ3) is 9.63. The van der Waals surface area contributed by atoms with E-state index in [1.807, 2.05) is 101 Å². The fourth-order valence-electron chi connectivity index (χ4n) is 5.16. The number of nitrogens with one attached hydrogen (secondary N) is 1. The first-order chi connectivity index (χ1) is 21.6. The van der Waals surface area contributed by atoms with Gasteiger partial charge in [0, 0.05) is 24.8 Å². The molecule has 3 aromatic rings. The van der Waals surface area contributed by atoms with Gasteiger partial charge in [-0.3, -0.25) is 10.1 Å². The van der Waals surface area contributed by atoms with Crippen molar-refractivity contribution in [1.29, 1.82) is 0 Å². The molecule has 0 spiro atoms. The van der Waals surface area contributed by atoms with Crippen LogP contribution in [0.1, 0.15) is 69.4 Å². The Morgan fingerprint density at radius 3 is 2.60 bits per heavy atom. The van der Waals surface area contributed by atoms with Crippen LogP contribution < -0.4 is 14.6 Å². The summed E-state index contributed by atoms with van der Waals surface area (Å²) in [6.45, 7) is 11.9. The molecule has 1 N–H and O–H groups in total. The second kappa shape index (κ2) is 15.7. The molecule has 45 heavy (non-hydrogen) atoms. The van der Waals surface area contributed by atoms with Crippen molar-refractivity contribution < 1.29 is 23.6 Å². The van der Waals surface area contributed by atoms with Gasteiger partial charge in [0.15, 0.2) is 6.04 Å². The highest BCUT2D eigenvalue weighted by Gasteiger charge is 2.41. The zero-order chi connectivity index (χ0) is 32.4. The Morgan fingerprint density at radius 1 is 1.13 bits per heavy atom. The number of anilines is 1. The molecule has 1 atom stereocenters. The Balaban J connectivity index is 1.41. The third-order valence-corrected chi connectivity index (χ3v) is 7.46. The number of hydrogen-bond donors (Lipinski definition) is 1. The Morgan fingerprint density at radius 2 is 1.91 bits per heavy atom. The minimum atomic E-state index is -0.474. The molecule has 4 rings (SSSR count). The second-order valence-electron chi connectivity index (χ2n) is 12.1. The molecule has 1 unspecified atom stereocenters. The fourth-order valence-corrected chi connectivity index (χ4v) is 5.42. The lowest BCUT2D eigenvalue weighted by atomic mass is 10.1. The highest BCUT2D eigenvalue weighted by Crippen LogP contribution is 2.29. The summed E-state index contributed by atoms with van der Waals surface area (Å²) in [7, 11) is 0. The number of unbranched alkanes of at least 4 members (excludes halogenated alkanes) is 2. The van der Waals surface area contributed by atoms with Gasteiger partial charge in [0.2, 0.25) is 0 Å². The molecule has 0 bridgehead atoms. The number of rotatable bonds is 14. The molecule has 0 radical (unpaired) electrons. The van der Waals surface area contributed by atoms with Crippen LogP contribution in [0, 0.1) is 0 Å². The molecule has 0 saturated heterocycles. The normalized spacial score (nSPS) is 14.7. The van der Waals surface area contributed by atoms with E-state index in [9.17, 15) is 9.59 Å². The predicted molar refractivity (Wildman–Crippen MR) is 180 cm³/mol. The highest BCUT2D eigenvalue weighted by molar-refractivity contribution is 6.32. The summed E-state index contributed by atoms with van der Waals surface area (Å²) < 4.78 is 13.0. The molecule has 1 aliphatic rings. The molecule has 0 aliphatic carbocycles. The van der Waals surface area contributed by atoms with Crippen molar-refractivity contribution in [3.8, 4) is 17.0 Å². The number of aromatic nitrogens is 2. The van der Waals surface area contributed by atoms with Crippen LogP contribution in [0.5, 0.6) is 5.75 Å². The summed E-state index contributed by atoms with van der Waals surface area (Å²) in [5, 5.41) is 3.94. The van der Waals surface area contributed by atoms with E-state index in [1.165, 1.54) is 0 Å². The largest absolute Gasteiger partial charge is 0.492 e. The first-order valence-electron chi connectivity index (χ1n) is 15.5. The first kappa shape index (κ1) is 33.7. The number of benzene rings is 2. The van der Waals surface area contributed by atoms with Crippen LogP contribution in [0.15, 0.2) is 91.2 Å². The molecule has 0 fully saturated rings. The van der Waals surface area contributed by atoms with Crippen LogP contribution in [0.3, 0.4) is 0 Å². The van der Waals surface area contributed by atoms with Gasteiger partial charge in [0.1, 0.15) is 28.9 Å². The number of ether oxygens (including phenoxy) is 2. The van der Waals surface area contributed by atoms with E-state index < -0.39 is 11.6 Å². The van der Waals surface area contributed by atoms with Crippen molar-refractivity contribution in [3.63, 3.8) is 0 Å². The van der Waals surface area contributed by atoms with Gasteiger partial charge in [-0.1, -0.05) is 78.9 Å².